The molecule has 1 aromatic carbocycles. The number of carbonyl (C=O) groups is 1. The van der Waals surface area contributed by atoms with Gasteiger partial charge in [0.1, 0.15) is 11.5 Å². The van der Waals surface area contributed by atoms with E-state index in [4.69, 9.17) is 4.74 Å². The number of rotatable bonds is 6. The molecule has 3 N–H and O–H groups in total. The van der Waals surface area contributed by atoms with Gasteiger partial charge in [-0.15, -0.1) is 0 Å². The molecule has 0 fully saturated rings. The van der Waals surface area contributed by atoms with Crippen LogP contribution in [0, 0.1) is 0 Å². The van der Waals surface area contributed by atoms with Crippen LogP contribution in [0.25, 0.3) is 0 Å². The van der Waals surface area contributed by atoms with Gasteiger partial charge in [0.05, 0.1) is 18.8 Å². The first kappa shape index (κ1) is 14.1. The van der Waals surface area contributed by atoms with Crippen LogP contribution in [0.4, 0.5) is 0 Å². The highest BCUT2D eigenvalue weighted by Gasteiger charge is 2.11. The fraction of sp³-hybridized carbons (Fsp3) is 0.308. The standard InChI is InChI=1S/C13H17NO4/c1-9(2)8-18-6-5-14-13(17)11-7-10(15)3-4-12(11)16/h3-4,7,15-16H,1,5-6,8H2,2H3,(H,14,17). The van der Waals surface area contributed by atoms with Crippen LogP contribution in [0.1, 0.15) is 17.3 Å². The number of aromatic hydroxyl groups is 2. The third-order valence-corrected chi connectivity index (χ3v) is 2.11. The highest BCUT2D eigenvalue weighted by Crippen LogP contribution is 2.21. The summed E-state index contributed by atoms with van der Waals surface area (Å²) in [5.41, 5.74) is 0.946. The summed E-state index contributed by atoms with van der Waals surface area (Å²) in [5.74, 6) is -0.702. The molecule has 0 atom stereocenters. The summed E-state index contributed by atoms with van der Waals surface area (Å²) in [6.07, 6.45) is 0. The van der Waals surface area contributed by atoms with Crippen molar-refractivity contribution in [1.29, 1.82) is 0 Å². The predicted octanol–water partition coefficient (Wildman–Crippen LogP) is 1.42. The molecule has 0 unspecified atom stereocenters. The van der Waals surface area contributed by atoms with Crippen molar-refractivity contribution in [2.45, 2.75) is 6.92 Å². The van der Waals surface area contributed by atoms with E-state index in [1.165, 1.54) is 18.2 Å². The zero-order valence-electron chi connectivity index (χ0n) is 10.3. The summed E-state index contributed by atoms with van der Waals surface area (Å²) in [5, 5.41) is 21.3. The highest BCUT2D eigenvalue weighted by molar-refractivity contribution is 5.97. The lowest BCUT2D eigenvalue weighted by Gasteiger charge is -2.08. The van der Waals surface area contributed by atoms with Crippen LogP contribution in [0.2, 0.25) is 0 Å². The molecular weight excluding hydrogens is 234 g/mol. The summed E-state index contributed by atoms with van der Waals surface area (Å²) in [4.78, 5) is 11.7. The largest absolute Gasteiger partial charge is 0.508 e. The van der Waals surface area contributed by atoms with E-state index in [1.54, 1.807) is 0 Å². The Balaban J connectivity index is 2.41. The molecule has 0 saturated carbocycles. The molecule has 0 aliphatic rings. The van der Waals surface area contributed by atoms with Crippen LogP contribution in [0.3, 0.4) is 0 Å². The van der Waals surface area contributed by atoms with Gasteiger partial charge in [-0.05, 0) is 25.1 Å². The molecule has 5 nitrogen and oxygen atoms in total. The van der Waals surface area contributed by atoms with Gasteiger partial charge < -0.3 is 20.3 Å². The first-order chi connectivity index (χ1) is 8.50. The lowest BCUT2D eigenvalue weighted by Crippen LogP contribution is -2.27. The smallest absolute Gasteiger partial charge is 0.255 e. The first-order valence-corrected chi connectivity index (χ1v) is 5.53. The van der Waals surface area contributed by atoms with E-state index in [1.807, 2.05) is 6.92 Å². The van der Waals surface area contributed by atoms with E-state index in [0.717, 1.165) is 5.57 Å². The summed E-state index contributed by atoms with van der Waals surface area (Å²) in [6.45, 7) is 6.67. The Bertz CT molecular complexity index is 443. The van der Waals surface area contributed by atoms with Crippen molar-refractivity contribution in [3.63, 3.8) is 0 Å². The number of carbonyl (C=O) groups excluding carboxylic acids is 1. The van der Waals surface area contributed by atoms with Crippen molar-refractivity contribution in [3.8, 4) is 11.5 Å². The first-order valence-electron chi connectivity index (χ1n) is 5.53. The third-order valence-electron chi connectivity index (χ3n) is 2.11. The van der Waals surface area contributed by atoms with Gasteiger partial charge in [-0.1, -0.05) is 12.2 Å². The molecule has 1 amide bonds. The number of phenols is 2. The predicted molar refractivity (Wildman–Crippen MR) is 67.7 cm³/mol. The van der Waals surface area contributed by atoms with Crippen LogP contribution in [0.15, 0.2) is 30.4 Å². The van der Waals surface area contributed by atoms with Crippen LogP contribution >= 0.6 is 0 Å². The fourth-order valence-electron chi connectivity index (χ4n) is 1.28. The lowest BCUT2D eigenvalue weighted by atomic mass is 10.2. The van der Waals surface area contributed by atoms with Gasteiger partial charge in [-0.25, -0.2) is 0 Å². The Morgan fingerprint density at radius 2 is 2.17 bits per heavy atom. The van der Waals surface area contributed by atoms with Gasteiger partial charge in [0.25, 0.3) is 5.91 Å². The van der Waals surface area contributed by atoms with Crippen molar-refractivity contribution < 1.29 is 19.7 Å². The van der Waals surface area contributed by atoms with Crippen molar-refractivity contribution in [2.24, 2.45) is 0 Å². The number of hydrogen-bond acceptors (Lipinski definition) is 4. The van der Waals surface area contributed by atoms with E-state index in [0.29, 0.717) is 19.8 Å². The second kappa shape index (κ2) is 6.66. The molecule has 0 heterocycles. The minimum atomic E-state index is -0.456. The van der Waals surface area contributed by atoms with Gasteiger partial charge in [-0.3, -0.25) is 4.79 Å². The van der Waals surface area contributed by atoms with E-state index < -0.39 is 5.91 Å². The van der Waals surface area contributed by atoms with E-state index in [2.05, 4.69) is 11.9 Å². The molecule has 5 heteroatoms. The maximum atomic E-state index is 11.7. The monoisotopic (exact) mass is 251 g/mol. The van der Waals surface area contributed by atoms with E-state index in [-0.39, 0.29) is 17.1 Å². The molecular formula is C13H17NO4. The molecule has 18 heavy (non-hydrogen) atoms. The summed E-state index contributed by atoms with van der Waals surface area (Å²) < 4.78 is 5.21. The van der Waals surface area contributed by atoms with Crippen LogP contribution in [0.5, 0.6) is 11.5 Å². The fourth-order valence-corrected chi connectivity index (χ4v) is 1.28. The minimum absolute atomic E-state index is 0.0369. The molecule has 0 radical (unpaired) electrons. The Hall–Kier alpha value is -2.01. The Labute approximate surface area is 106 Å². The molecule has 0 bridgehead atoms. The Morgan fingerprint density at radius 3 is 2.83 bits per heavy atom. The quantitative estimate of drug-likeness (QED) is 0.406. The number of amides is 1. The average Bonchev–Trinajstić information content (AvgIpc) is 2.31. The lowest BCUT2D eigenvalue weighted by molar-refractivity contribution is 0.0924. The van der Waals surface area contributed by atoms with Crippen molar-refractivity contribution in [1.82, 2.24) is 5.32 Å². The molecule has 0 aliphatic carbocycles. The van der Waals surface area contributed by atoms with Crippen molar-refractivity contribution in [3.05, 3.63) is 35.9 Å². The number of phenolic OH excluding ortho intramolecular Hbond substituents is 2. The van der Waals surface area contributed by atoms with Gasteiger partial charge in [0.15, 0.2) is 0 Å². The number of ether oxygens (including phenoxy) is 1. The van der Waals surface area contributed by atoms with Crippen LogP contribution in [-0.4, -0.2) is 35.9 Å². The van der Waals surface area contributed by atoms with Gasteiger partial charge in [-0.2, -0.15) is 0 Å². The molecule has 0 aliphatic heterocycles. The maximum absolute atomic E-state index is 11.7. The maximum Gasteiger partial charge on any atom is 0.255 e. The van der Waals surface area contributed by atoms with Crippen LogP contribution < -0.4 is 5.32 Å². The second-order valence-electron chi connectivity index (χ2n) is 3.97. The van der Waals surface area contributed by atoms with Crippen LogP contribution in [-0.2, 0) is 4.74 Å². The minimum Gasteiger partial charge on any atom is -0.508 e. The summed E-state index contributed by atoms with van der Waals surface area (Å²) in [6, 6.07) is 3.78. The SMILES string of the molecule is C=C(C)COCCNC(=O)c1cc(O)ccc1O. The Morgan fingerprint density at radius 1 is 1.44 bits per heavy atom. The number of hydrogen-bond donors (Lipinski definition) is 3. The van der Waals surface area contributed by atoms with Gasteiger partial charge in [0, 0.05) is 6.54 Å². The van der Waals surface area contributed by atoms with Crippen molar-refractivity contribution >= 4 is 5.91 Å². The highest BCUT2D eigenvalue weighted by atomic mass is 16.5. The Kier molecular flexibility index (Phi) is 5.20. The molecule has 0 saturated heterocycles. The third kappa shape index (κ3) is 4.47. The zero-order valence-corrected chi connectivity index (χ0v) is 10.3. The molecule has 1 rings (SSSR count). The second-order valence-corrected chi connectivity index (χ2v) is 3.97. The molecule has 98 valence electrons. The normalized spacial score (nSPS) is 10.1. The van der Waals surface area contributed by atoms with Gasteiger partial charge >= 0.3 is 0 Å². The number of benzene rings is 1. The molecule has 0 aromatic heterocycles. The molecule has 1 aromatic rings. The van der Waals surface area contributed by atoms with Gasteiger partial charge in [0.2, 0.25) is 0 Å². The number of nitrogens with one attached hydrogen (secondary N) is 1. The van der Waals surface area contributed by atoms with E-state index >= 15 is 0 Å². The topological polar surface area (TPSA) is 78.8 Å². The zero-order chi connectivity index (χ0) is 13.5. The average molecular weight is 251 g/mol. The van der Waals surface area contributed by atoms with E-state index in [9.17, 15) is 15.0 Å². The summed E-state index contributed by atoms with van der Waals surface area (Å²) >= 11 is 0. The summed E-state index contributed by atoms with van der Waals surface area (Å²) in [7, 11) is 0. The molecule has 0 spiro atoms. The van der Waals surface area contributed by atoms with Crippen molar-refractivity contribution in [2.75, 3.05) is 19.8 Å².